The molecule has 0 aromatic heterocycles. The van der Waals surface area contributed by atoms with E-state index in [9.17, 15) is 13.2 Å². The largest absolute Gasteiger partial charge is 0.352 e. The first-order valence-electron chi connectivity index (χ1n) is 5.98. The van der Waals surface area contributed by atoms with Crippen LogP contribution < -0.4 is 10.5 Å². The zero-order valence-corrected chi connectivity index (χ0v) is 11.8. The van der Waals surface area contributed by atoms with Crippen molar-refractivity contribution in [2.24, 2.45) is 11.1 Å². The van der Waals surface area contributed by atoms with Crippen molar-refractivity contribution >= 4 is 27.5 Å². The van der Waals surface area contributed by atoms with Crippen LogP contribution in [0.15, 0.2) is 23.1 Å². The average molecular weight is 303 g/mol. The van der Waals surface area contributed by atoms with Crippen molar-refractivity contribution in [3.8, 4) is 0 Å². The summed E-state index contributed by atoms with van der Waals surface area (Å²) in [5.41, 5.74) is 0.240. The topological polar surface area (TPSA) is 89.3 Å². The number of nitrogens with one attached hydrogen (secondary N) is 1. The lowest BCUT2D eigenvalue weighted by atomic mass is 10.2. The number of carbonyl (C=O) groups is 1. The number of benzene rings is 1. The van der Waals surface area contributed by atoms with E-state index >= 15 is 0 Å². The van der Waals surface area contributed by atoms with E-state index in [4.69, 9.17) is 16.7 Å². The Balaban J connectivity index is 2.08. The monoisotopic (exact) mass is 302 g/mol. The number of hydrogen-bond donors (Lipinski definition) is 2. The SMILES string of the molecule is NS(=O)(=O)c1cc(C(=O)NCCC2CC2)ccc1Cl. The summed E-state index contributed by atoms with van der Waals surface area (Å²) in [5, 5.41) is 7.79. The molecule has 0 radical (unpaired) electrons. The van der Waals surface area contributed by atoms with E-state index in [-0.39, 0.29) is 21.4 Å². The normalized spacial score (nSPS) is 15.3. The molecule has 0 bridgehead atoms. The van der Waals surface area contributed by atoms with Crippen LogP contribution in [0.5, 0.6) is 0 Å². The average Bonchev–Trinajstić information content (AvgIpc) is 3.12. The summed E-state index contributed by atoms with van der Waals surface area (Å²) in [6, 6.07) is 4.03. The smallest absolute Gasteiger partial charge is 0.251 e. The molecule has 1 fully saturated rings. The van der Waals surface area contributed by atoms with Crippen LogP contribution in [0.2, 0.25) is 5.02 Å². The number of rotatable bonds is 5. The summed E-state index contributed by atoms with van der Waals surface area (Å²) >= 11 is 5.75. The highest BCUT2D eigenvalue weighted by Crippen LogP contribution is 2.31. The fourth-order valence-corrected chi connectivity index (χ4v) is 2.83. The van der Waals surface area contributed by atoms with Crippen LogP contribution in [0.4, 0.5) is 0 Å². The molecular formula is C12H15ClN2O3S. The Bertz CT molecular complexity index is 597. The van der Waals surface area contributed by atoms with Crippen LogP contribution in [0.1, 0.15) is 29.6 Å². The molecule has 0 atom stereocenters. The van der Waals surface area contributed by atoms with Crippen molar-refractivity contribution in [3.63, 3.8) is 0 Å². The zero-order chi connectivity index (χ0) is 14.0. The molecule has 0 aliphatic heterocycles. The molecule has 0 heterocycles. The molecule has 0 spiro atoms. The van der Waals surface area contributed by atoms with Gasteiger partial charge in [-0.25, -0.2) is 13.6 Å². The molecule has 1 saturated carbocycles. The van der Waals surface area contributed by atoms with Crippen LogP contribution in [-0.2, 0) is 10.0 Å². The van der Waals surface area contributed by atoms with Crippen LogP contribution in [0, 0.1) is 5.92 Å². The van der Waals surface area contributed by atoms with E-state index in [1.54, 1.807) is 0 Å². The van der Waals surface area contributed by atoms with Crippen molar-refractivity contribution in [3.05, 3.63) is 28.8 Å². The number of primary sulfonamides is 1. The minimum atomic E-state index is -3.93. The fraction of sp³-hybridized carbons (Fsp3) is 0.417. The van der Waals surface area contributed by atoms with Gasteiger partial charge in [-0.2, -0.15) is 0 Å². The van der Waals surface area contributed by atoms with Gasteiger partial charge in [0.25, 0.3) is 5.91 Å². The van der Waals surface area contributed by atoms with Crippen LogP contribution in [-0.4, -0.2) is 20.9 Å². The highest BCUT2D eigenvalue weighted by atomic mass is 35.5. The first kappa shape index (κ1) is 14.3. The van der Waals surface area contributed by atoms with Gasteiger partial charge in [0.2, 0.25) is 10.0 Å². The molecule has 1 aliphatic rings. The number of hydrogen-bond acceptors (Lipinski definition) is 3. The second kappa shape index (κ2) is 5.48. The lowest BCUT2D eigenvalue weighted by molar-refractivity contribution is 0.0952. The van der Waals surface area contributed by atoms with Gasteiger partial charge in [-0.15, -0.1) is 0 Å². The number of halogens is 1. The number of amides is 1. The summed E-state index contributed by atoms with van der Waals surface area (Å²) in [5.74, 6) is 0.410. The Morgan fingerprint density at radius 1 is 1.42 bits per heavy atom. The van der Waals surface area contributed by atoms with Crippen molar-refractivity contribution in [2.45, 2.75) is 24.2 Å². The van der Waals surface area contributed by atoms with E-state index in [2.05, 4.69) is 5.32 Å². The third-order valence-corrected chi connectivity index (χ3v) is 4.43. The van der Waals surface area contributed by atoms with E-state index < -0.39 is 10.0 Å². The Morgan fingerprint density at radius 3 is 2.68 bits per heavy atom. The molecule has 19 heavy (non-hydrogen) atoms. The highest BCUT2D eigenvalue weighted by Gasteiger charge is 2.21. The summed E-state index contributed by atoms with van der Waals surface area (Å²) in [6.07, 6.45) is 3.42. The maximum Gasteiger partial charge on any atom is 0.251 e. The molecular weight excluding hydrogens is 288 g/mol. The molecule has 104 valence electrons. The minimum Gasteiger partial charge on any atom is -0.352 e. The van der Waals surface area contributed by atoms with Gasteiger partial charge in [0, 0.05) is 12.1 Å². The first-order chi connectivity index (χ1) is 8.88. The Kier molecular flexibility index (Phi) is 4.13. The third kappa shape index (κ3) is 3.92. The molecule has 0 saturated heterocycles. The third-order valence-electron chi connectivity index (χ3n) is 3.03. The van der Waals surface area contributed by atoms with Gasteiger partial charge < -0.3 is 5.32 Å². The summed E-state index contributed by atoms with van der Waals surface area (Å²) in [7, 11) is -3.93. The van der Waals surface area contributed by atoms with E-state index in [1.807, 2.05) is 0 Å². The number of carbonyl (C=O) groups excluding carboxylic acids is 1. The van der Waals surface area contributed by atoms with Crippen LogP contribution in [0.25, 0.3) is 0 Å². The predicted molar refractivity (Wildman–Crippen MR) is 72.5 cm³/mol. The van der Waals surface area contributed by atoms with Gasteiger partial charge >= 0.3 is 0 Å². The van der Waals surface area contributed by atoms with E-state index in [0.29, 0.717) is 6.54 Å². The molecule has 5 nitrogen and oxygen atoms in total. The molecule has 7 heteroatoms. The summed E-state index contributed by atoms with van der Waals surface area (Å²) < 4.78 is 22.6. The van der Waals surface area contributed by atoms with E-state index in [0.717, 1.165) is 12.3 Å². The molecule has 2 rings (SSSR count). The van der Waals surface area contributed by atoms with Gasteiger partial charge in [0.05, 0.1) is 5.02 Å². The maximum atomic E-state index is 11.8. The second-order valence-corrected chi connectivity index (χ2v) is 6.62. The molecule has 3 N–H and O–H groups in total. The number of sulfonamides is 1. The lowest BCUT2D eigenvalue weighted by Gasteiger charge is -2.07. The predicted octanol–water partition coefficient (Wildman–Crippen LogP) is 1.52. The Labute approximate surface area is 117 Å². The maximum absolute atomic E-state index is 11.8. The van der Waals surface area contributed by atoms with Gasteiger partial charge in [0.1, 0.15) is 4.90 Å². The first-order valence-corrected chi connectivity index (χ1v) is 7.91. The van der Waals surface area contributed by atoms with Crippen LogP contribution in [0.3, 0.4) is 0 Å². The standard InChI is InChI=1S/C12H15ClN2O3S/c13-10-4-3-9(7-11(10)19(14,17)18)12(16)15-6-5-8-1-2-8/h3-4,7-8H,1-2,5-6H2,(H,15,16)(H2,14,17,18). The van der Waals surface area contributed by atoms with Gasteiger partial charge in [-0.1, -0.05) is 24.4 Å². The molecule has 1 aliphatic carbocycles. The van der Waals surface area contributed by atoms with E-state index in [1.165, 1.54) is 31.0 Å². The molecule has 1 amide bonds. The quantitative estimate of drug-likeness (QED) is 0.864. The zero-order valence-electron chi connectivity index (χ0n) is 10.2. The fourth-order valence-electron chi connectivity index (χ4n) is 1.76. The number of nitrogens with two attached hydrogens (primary N) is 1. The second-order valence-electron chi connectivity index (χ2n) is 4.68. The Hall–Kier alpha value is -1.11. The van der Waals surface area contributed by atoms with Gasteiger partial charge in [-0.05, 0) is 30.5 Å². The summed E-state index contributed by atoms with van der Waals surface area (Å²) in [4.78, 5) is 11.6. The van der Waals surface area contributed by atoms with Crippen molar-refractivity contribution < 1.29 is 13.2 Å². The highest BCUT2D eigenvalue weighted by molar-refractivity contribution is 7.89. The minimum absolute atomic E-state index is 0.0111. The van der Waals surface area contributed by atoms with Gasteiger partial charge in [-0.3, -0.25) is 4.79 Å². The van der Waals surface area contributed by atoms with Crippen molar-refractivity contribution in [1.82, 2.24) is 5.32 Å². The van der Waals surface area contributed by atoms with Crippen LogP contribution >= 0.6 is 11.6 Å². The molecule has 1 aromatic carbocycles. The molecule has 0 unspecified atom stereocenters. The van der Waals surface area contributed by atoms with Crippen molar-refractivity contribution in [2.75, 3.05) is 6.54 Å². The Morgan fingerprint density at radius 2 is 2.11 bits per heavy atom. The lowest BCUT2D eigenvalue weighted by Crippen LogP contribution is -2.25. The van der Waals surface area contributed by atoms with Crippen molar-refractivity contribution in [1.29, 1.82) is 0 Å². The summed E-state index contributed by atoms with van der Waals surface area (Å²) in [6.45, 7) is 0.594. The molecule has 1 aromatic rings. The van der Waals surface area contributed by atoms with Gasteiger partial charge in [0.15, 0.2) is 0 Å².